The summed E-state index contributed by atoms with van der Waals surface area (Å²) < 4.78 is 36.7. The monoisotopic (exact) mass is 419 g/mol. The van der Waals surface area contributed by atoms with Crippen LogP contribution in [0.4, 0.5) is 5.69 Å². The van der Waals surface area contributed by atoms with E-state index in [1.807, 2.05) is 0 Å². The number of nitro benzene ring substituents is 1. The molecule has 2 aromatic rings. The number of carbonyl (C=O) groups is 1. The van der Waals surface area contributed by atoms with Crippen LogP contribution in [0.3, 0.4) is 0 Å². The van der Waals surface area contributed by atoms with Gasteiger partial charge >= 0.3 is 5.97 Å². The fourth-order valence-corrected chi connectivity index (χ4v) is 3.82. The fourth-order valence-electron chi connectivity index (χ4n) is 2.57. The van der Waals surface area contributed by atoms with Gasteiger partial charge in [-0.15, -0.1) is 0 Å². The number of hydrogen-bond donors (Lipinski definition) is 1. The molecule has 0 aliphatic carbocycles. The molecule has 0 saturated heterocycles. The smallest absolute Gasteiger partial charge is 0.338 e. The Balaban J connectivity index is 1.39. The Bertz CT molecular complexity index is 1050. The predicted octanol–water partition coefficient (Wildman–Crippen LogP) is 1.51. The van der Waals surface area contributed by atoms with Gasteiger partial charge in [0.1, 0.15) is 12.4 Å². The van der Waals surface area contributed by atoms with Crippen molar-refractivity contribution in [2.45, 2.75) is 4.90 Å². The van der Waals surface area contributed by atoms with Crippen molar-refractivity contribution in [1.29, 1.82) is 0 Å². The third kappa shape index (κ3) is 4.95. The van der Waals surface area contributed by atoms with E-state index in [0.717, 1.165) is 0 Å². The minimum Gasteiger partial charge on any atom is -0.460 e. The maximum Gasteiger partial charge on any atom is 0.338 e. The normalized spacial score (nSPS) is 15.5. The summed E-state index contributed by atoms with van der Waals surface area (Å²) in [5, 5.41) is 10.6. The van der Waals surface area contributed by atoms with Crippen LogP contribution in [0.25, 0.3) is 0 Å². The van der Waals surface area contributed by atoms with E-state index in [1.165, 1.54) is 30.3 Å². The van der Waals surface area contributed by atoms with Crippen LogP contribution >= 0.6 is 0 Å². The van der Waals surface area contributed by atoms with Gasteiger partial charge in [-0.3, -0.25) is 19.8 Å². The van der Waals surface area contributed by atoms with Gasteiger partial charge in [-0.2, -0.15) is 0 Å². The molecule has 0 fully saturated rings. The zero-order valence-corrected chi connectivity index (χ0v) is 15.9. The minimum atomic E-state index is -3.57. The number of carbonyl (C=O) groups excluding carboxylic acids is 1. The van der Waals surface area contributed by atoms with Crippen molar-refractivity contribution in [3.63, 3.8) is 0 Å². The van der Waals surface area contributed by atoms with Crippen LogP contribution in [-0.2, 0) is 19.5 Å². The van der Waals surface area contributed by atoms with E-state index in [2.05, 4.69) is 9.71 Å². The van der Waals surface area contributed by atoms with Gasteiger partial charge in [-0.1, -0.05) is 12.1 Å². The summed E-state index contributed by atoms with van der Waals surface area (Å²) in [5.41, 5.74) is 0.609. The second kappa shape index (κ2) is 8.80. The van der Waals surface area contributed by atoms with Crippen LogP contribution in [0.2, 0.25) is 0 Å². The Morgan fingerprint density at radius 2 is 1.79 bits per heavy atom. The molecule has 0 radical (unpaired) electrons. The van der Waals surface area contributed by atoms with Crippen molar-refractivity contribution in [2.24, 2.45) is 4.99 Å². The van der Waals surface area contributed by atoms with E-state index in [1.54, 1.807) is 18.2 Å². The lowest BCUT2D eigenvalue weighted by Crippen LogP contribution is -2.22. The van der Waals surface area contributed by atoms with Gasteiger partial charge in [0.2, 0.25) is 0 Å². The maximum atomic E-state index is 12.0. The molecule has 2 aromatic carbocycles. The Labute approximate surface area is 166 Å². The van der Waals surface area contributed by atoms with E-state index < -0.39 is 20.9 Å². The van der Waals surface area contributed by atoms with Crippen LogP contribution in [-0.4, -0.2) is 51.5 Å². The van der Waals surface area contributed by atoms with Crippen molar-refractivity contribution in [3.05, 3.63) is 69.8 Å². The van der Waals surface area contributed by atoms with Gasteiger partial charge in [0.05, 0.1) is 35.1 Å². The van der Waals surface area contributed by atoms with Crippen molar-refractivity contribution in [2.75, 3.05) is 26.4 Å². The number of nitrogens with zero attached hydrogens (tertiary/aromatic N) is 2. The molecule has 0 bridgehead atoms. The number of nitrogens with one attached hydrogen (secondary N) is 1. The van der Waals surface area contributed by atoms with Crippen LogP contribution in [0.1, 0.15) is 15.9 Å². The number of hydrogen-bond acceptors (Lipinski definition) is 8. The van der Waals surface area contributed by atoms with E-state index in [9.17, 15) is 23.3 Å². The molecule has 0 aromatic heterocycles. The molecule has 11 heteroatoms. The highest BCUT2D eigenvalue weighted by Gasteiger charge is 2.29. The van der Waals surface area contributed by atoms with E-state index >= 15 is 0 Å². The maximum absolute atomic E-state index is 12.0. The lowest BCUT2D eigenvalue weighted by atomic mass is 10.2. The first kappa shape index (κ1) is 20.4. The number of ether oxygens (including phenoxy) is 2. The molecule has 29 heavy (non-hydrogen) atoms. The number of fused-ring (bicyclic) bond motifs is 1. The zero-order chi connectivity index (χ0) is 20.9. The molecule has 0 spiro atoms. The molecule has 0 unspecified atom stereocenters. The number of amidine groups is 1. The molecular formula is C18H17N3O7S. The highest BCUT2D eigenvalue weighted by Crippen LogP contribution is 2.22. The molecule has 3 rings (SSSR count). The number of benzene rings is 2. The zero-order valence-electron chi connectivity index (χ0n) is 15.1. The second-order valence-electron chi connectivity index (χ2n) is 5.88. The molecule has 152 valence electrons. The highest BCUT2D eigenvalue weighted by atomic mass is 32.2. The largest absolute Gasteiger partial charge is 0.460 e. The first-order valence-corrected chi connectivity index (χ1v) is 10.0. The van der Waals surface area contributed by atoms with Crippen molar-refractivity contribution in [3.8, 4) is 0 Å². The molecule has 1 N–H and O–H groups in total. The number of esters is 1. The van der Waals surface area contributed by atoms with Gasteiger partial charge < -0.3 is 9.47 Å². The van der Waals surface area contributed by atoms with E-state index in [0.29, 0.717) is 5.56 Å². The molecule has 1 aliphatic heterocycles. The van der Waals surface area contributed by atoms with Crippen LogP contribution < -0.4 is 4.72 Å². The second-order valence-corrected chi connectivity index (χ2v) is 7.54. The number of aliphatic imine (C=N–C) groups is 1. The molecule has 1 heterocycles. The Morgan fingerprint density at radius 3 is 2.52 bits per heavy atom. The summed E-state index contributed by atoms with van der Waals surface area (Å²) in [4.78, 5) is 26.3. The van der Waals surface area contributed by atoms with Gasteiger partial charge in [-0.25, -0.2) is 13.2 Å². The van der Waals surface area contributed by atoms with E-state index in [-0.39, 0.29) is 48.3 Å². The number of non-ortho nitro benzene ring substituents is 1. The van der Waals surface area contributed by atoms with Gasteiger partial charge in [-0.05, 0) is 24.3 Å². The number of sulfonamides is 1. The van der Waals surface area contributed by atoms with Crippen LogP contribution in [0, 0.1) is 10.1 Å². The summed E-state index contributed by atoms with van der Waals surface area (Å²) in [7, 11) is -3.57. The third-order valence-corrected chi connectivity index (χ3v) is 5.34. The summed E-state index contributed by atoms with van der Waals surface area (Å²) in [5.74, 6) is -0.338. The third-order valence-electron chi connectivity index (χ3n) is 3.94. The number of nitro groups is 1. The predicted molar refractivity (Wildman–Crippen MR) is 102 cm³/mol. The average Bonchev–Trinajstić information content (AvgIpc) is 2.97. The van der Waals surface area contributed by atoms with Crippen LogP contribution in [0.15, 0.2) is 58.4 Å². The molecule has 0 atom stereocenters. The molecule has 10 nitrogen and oxygen atoms in total. The lowest BCUT2D eigenvalue weighted by molar-refractivity contribution is -0.384. The molecular weight excluding hydrogens is 402 g/mol. The molecule has 0 amide bonds. The quantitative estimate of drug-likeness (QED) is 0.296. The number of rotatable bonds is 8. The summed E-state index contributed by atoms with van der Waals surface area (Å²) >= 11 is 0. The standard InChI is InChI=1S/C18H17N3O7S/c22-18(13-5-7-14(8-6-13)21(23)24)28-12-11-27-10-9-19-17-15-3-1-2-4-16(15)29(25,26)20-17/h1-8H,9-12H2,(H,19,20). The highest BCUT2D eigenvalue weighted by molar-refractivity contribution is 7.90. The Hall–Kier alpha value is -3.31. The summed E-state index contributed by atoms with van der Waals surface area (Å²) in [6.45, 7) is 0.568. The topological polar surface area (TPSA) is 137 Å². The Kier molecular flexibility index (Phi) is 6.20. The van der Waals surface area contributed by atoms with Gasteiger partial charge in [0.15, 0.2) is 0 Å². The Morgan fingerprint density at radius 1 is 1.07 bits per heavy atom. The average molecular weight is 419 g/mol. The fraction of sp³-hybridized carbons (Fsp3) is 0.222. The van der Waals surface area contributed by atoms with Crippen molar-refractivity contribution >= 4 is 27.5 Å². The molecule has 0 saturated carbocycles. The first-order valence-electron chi connectivity index (χ1n) is 8.54. The van der Waals surface area contributed by atoms with Crippen molar-refractivity contribution in [1.82, 2.24) is 4.72 Å². The van der Waals surface area contributed by atoms with Crippen molar-refractivity contribution < 1.29 is 27.6 Å². The lowest BCUT2D eigenvalue weighted by Gasteiger charge is -2.05. The van der Waals surface area contributed by atoms with Crippen LogP contribution in [0.5, 0.6) is 0 Å². The van der Waals surface area contributed by atoms with Gasteiger partial charge in [0, 0.05) is 17.7 Å². The van der Waals surface area contributed by atoms with E-state index in [4.69, 9.17) is 9.47 Å². The first-order chi connectivity index (χ1) is 13.9. The van der Waals surface area contributed by atoms with Gasteiger partial charge in [0.25, 0.3) is 15.7 Å². The summed E-state index contributed by atoms with van der Waals surface area (Å²) in [6, 6.07) is 11.6. The molecule has 1 aliphatic rings. The SMILES string of the molecule is O=C(OCCOCCN=C1NS(=O)(=O)c2ccccc21)c1ccc([N+](=O)[O-])cc1. The minimum absolute atomic E-state index is 0.00184. The summed E-state index contributed by atoms with van der Waals surface area (Å²) in [6.07, 6.45) is 0.